The molecule has 41 heavy (non-hydrogen) atoms. The average Bonchev–Trinajstić information content (AvgIpc) is 2.93. The summed E-state index contributed by atoms with van der Waals surface area (Å²) in [6, 6.07) is 14.1. The highest BCUT2D eigenvalue weighted by atomic mass is 35.5. The molecule has 3 rings (SSSR count). The fourth-order valence-electron chi connectivity index (χ4n) is 4.16. The van der Waals surface area contributed by atoms with E-state index in [1.165, 1.54) is 48.4 Å². The molecule has 1 N–H and O–H groups in total. The van der Waals surface area contributed by atoms with Gasteiger partial charge in [0.05, 0.1) is 17.7 Å². The van der Waals surface area contributed by atoms with Crippen LogP contribution in [0.2, 0.25) is 10.0 Å². The number of hydrogen-bond donors (Lipinski definition) is 1. The number of amides is 2. The van der Waals surface area contributed by atoms with E-state index in [9.17, 15) is 22.4 Å². The third-order valence-electron chi connectivity index (χ3n) is 6.25. The molecule has 0 bridgehead atoms. The normalized spacial score (nSPS) is 12.1. The first-order valence-electron chi connectivity index (χ1n) is 12.8. The molecule has 0 saturated carbocycles. The molecule has 0 aliphatic rings. The fraction of sp³-hybridized carbons (Fsp3) is 0.310. The predicted molar refractivity (Wildman–Crippen MR) is 158 cm³/mol. The molecule has 0 heterocycles. The molecule has 0 unspecified atom stereocenters. The predicted octanol–water partition coefficient (Wildman–Crippen LogP) is 5.67. The number of hydrogen-bond acceptors (Lipinski definition) is 5. The maximum atomic E-state index is 14.0. The van der Waals surface area contributed by atoms with Gasteiger partial charge in [-0.15, -0.1) is 0 Å². The fourth-order valence-corrected chi connectivity index (χ4v) is 6.10. The van der Waals surface area contributed by atoms with E-state index >= 15 is 0 Å². The quantitative estimate of drug-likeness (QED) is 0.280. The molecule has 12 heteroatoms. The Morgan fingerprint density at radius 3 is 2.07 bits per heavy atom. The van der Waals surface area contributed by atoms with Crippen LogP contribution < -0.4 is 14.4 Å². The zero-order valence-electron chi connectivity index (χ0n) is 23.1. The Morgan fingerprint density at radius 1 is 0.976 bits per heavy atom. The molecule has 2 amide bonds. The zero-order valence-corrected chi connectivity index (χ0v) is 25.4. The van der Waals surface area contributed by atoms with Crippen LogP contribution >= 0.6 is 23.2 Å². The van der Waals surface area contributed by atoms with Crippen molar-refractivity contribution in [3.8, 4) is 5.75 Å². The van der Waals surface area contributed by atoms with Crippen LogP contribution in [0.25, 0.3) is 0 Å². The van der Waals surface area contributed by atoms with Crippen LogP contribution in [0.5, 0.6) is 5.75 Å². The number of halogens is 3. The molecule has 0 saturated heterocycles. The van der Waals surface area contributed by atoms with Crippen molar-refractivity contribution in [3.63, 3.8) is 0 Å². The van der Waals surface area contributed by atoms with Crippen molar-refractivity contribution in [3.05, 3.63) is 88.2 Å². The highest BCUT2D eigenvalue weighted by Gasteiger charge is 2.34. The topological polar surface area (TPSA) is 96.0 Å². The van der Waals surface area contributed by atoms with Gasteiger partial charge in [-0.1, -0.05) is 36.2 Å². The first kappa shape index (κ1) is 32.2. The van der Waals surface area contributed by atoms with Crippen LogP contribution in [-0.2, 0) is 26.2 Å². The molecule has 0 aliphatic carbocycles. The summed E-state index contributed by atoms with van der Waals surface area (Å²) in [6.45, 7) is 4.48. The minimum absolute atomic E-state index is 0.0611. The first-order chi connectivity index (χ1) is 19.4. The molecule has 0 fully saturated rings. The summed E-state index contributed by atoms with van der Waals surface area (Å²) in [6.07, 6.45) is 0.230. The van der Waals surface area contributed by atoms with Gasteiger partial charge in [-0.25, -0.2) is 12.8 Å². The van der Waals surface area contributed by atoms with E-state index < -0.39 is 40.2 Å². The number of sulfonamides is 1. The van der Waals surface area contributed by atoms with E-state index in [4.69, 9.17) is 27.9 Å². The van der Waals surface area contributed by atoms with Gasteiger partial charge in [0.25, 0.3) is 10.0 Å². The van der Waals surface area contributed by atoms with Crippen molar-refractivity contribution in [1.82, 2.24) is 10.2 Å². The number of benzene rings is 3. The third-order valence-corrected chi connectivity index (χ3v) is 8.74. The van der Waals surface area contributed by atoms with Gasteiger partial charge < -0.3 is 15.0 Å². The van der Waals surface area contributed by atoms with Crippen molar-refractivity contribution in [2.75, 3.05) is 18.0 Å². The number of rotatable bonds is 12. The lowest BCUT2D eigenvalue weighted by Gasteiger charge is -2.34. The summed E-state index contributed by atoms with van der Waals surface area (Å²) in [7, 11) is -2.88. The Hall–Kier alpha value is -3.34. The summed E-state index contributed by atoms with van der Waals surface area (Å²) in [5, 5.41) is 3.39. The summed E-state index contributed by atoms with van der Waals surface area (Å²) in [4.78, 5) is 28.4. The van der Waals surface area contributed by atoms with Gasteiger partial charge in [-0.3, -0.25) is 13.9 Å². The molecule has 3 aromatic rings. The highest BCUT2D eigenvalue weighted by Crippen LogP contribution is 2.29. The van der Waals surface area contributed by atoms with Crippen LogP contribution in [0.15, 0.2) is 71.6 Å². The van der Waals surface area contributed by atoms with E-state index in [2.05, 4.69) is 5.32 Å². The number of ether oxygens (including phenoxy) is 1. The van der Waals surface area contributed by atoms with Crippen molar-refractivity contribution >= 4 is 50.7 Å². The maximum absolute atomic E-state index is 14.0. The lowest BCUT2D eigenvalue weighted by Crippen LogP contribution is -2.53. The van der Waals surface area contributed by atoms with Gasteiger partial charge in [0.2, 0.25) is 11.8 Å². The van der Waals surface area contributed by atoms with Gasteiger partial charge in [0, 0.05) is 28.2 Å². The molecular formula is C29H32Cl2FN3O5S. The first-order valence-corrected chi connectivity index (χ1v) is 15.0. The number of carbonyl (C=O) groups is 2. The third kappa shape index (κ3) is 7.90. The van der Waals surface area contributed by atoms with Crippen LogP contribution in [-0.4, -0.2) is 50.9 Å². The van der Waals surface area contributed by atoms with Gasteiger partial charge in [-0.2, -0.15) is 0 Å². The van der Waals surface area contributed by atoms with E-state index in [1.54, 1.807) is 39.0 Å². The molecule has 8 nitrogen and oxygen atoms in total. The largest absolute Gasteiger partial charge is 0.497 e. The summed E-state index contributed by atoms with van der Waals surface area (Å²) in [5.74, 6) is -1.23. The second kappa shape index (κ2) is 14.0. The highest BCUT2D eigenvalue weighted by molar-refractivity contribution is 7.92. The molecule has 3 aromatic carbocycles. The van der Waals surface area contributed by atoms with Crippen molar-refractivity contribution in [2.24, 2.45) is 0 Å². The van der Waals surface area contributed by atoms with Gasteiger partial charge in [0.15, 0.2) is 0 Å². The number of nitrogens with one attached hydrogen (secondary N) is 1. The zero-order chi connectivity index (χ0) is 30.3. The Balaban J connectivity index is 2.10. The second-order valence-corrected chi connectivity index (χ2v) is 12.1. The molecular weight excluding hydrogens is 592 g/mol. The monoisotopic (exact) mass is 623 g/mol. The van der Waals surface area contributed by atoms with Crippen LogP contribution in [0.4, 0.5) is 10.1 Å². The van der Waals surface area contributed by atoms with E-state index in [1.807, 2.05) is 0 Å². The molecule has 0 aromatic heterocycles. The number of anilines is 1. The number of methoxy groups -OCH3 is 1. The Labute approximate surface area is 250 Å². The van der Waals surface area contributed by atoms with E-state index in [-0.39, 0.29) is 39.6 Å². The Kier molecular flexibility index (Phi) is 11.0. The van der Waals surface area contributed by atoms with Gasteiger partial charge >= 0.3 is 0 Å². The molecule has 220 valence electrons. The standard InChI is InChI=1S/C29H32Cl2FN3O5S/c1-5-27(29(37)33-19(2)3)34(17-24-25(30)7-6-8-26(24)31)28(36)18-35(21-11-9-20(32)10-12-21)41(38,39)23-15-13-22(40-4)14-16-23/h6-16,19,27H,5,17-18H2,1-4H3,(H,33,37)/t27-/m1/s1. The second-order valence-electron chi connectivity index (χ2n) is 9.47. The van der Waals surface area contributed by atoms with Crippen LogP contribution in [0, 0.1) is 5.82 Å². The van der Waals surface area contributed by atoms with Crippen LogP contribution in [0.3, 0.4) is 0 Å². The van der Waals surface area contributed by atoms with Crippen molar-refractivity contribution < 1.29 is 27.1 Å². The molecule has 1 atom stereocenters. The van der Waals surface area contributed by atoms with Gasteiger partial charge in [0.1, 0.15) is 24.2 Å². The summed E-state index contributed by atoms with van der Waals surface area (Å²) >= 11 is 12.8. The minimum atomic E-state index is -4.33. The maximum Gasteiger partial charge on any atom is 0.264 e. The summed E-state index contributed by atoms with van der Waals surface area (Å²) < 4.78 is 47.5. The average molecular weight is 625 g/mol. The van der Waals surface area contributed by atoms with Crippen LogP contribution in [0.1, 0.15) is 32.8 Å². The minimum Gasteiger partial charge on any atom is -0.497 e. The van der Waals surface area contributed by atoms with Crippen molar-refractivity contribution in [2.45, 2.75) is 50.7 Å². The Bertz CT molecular complexity index is 1450. The smallest absolute Gasteiger partial charge is 0.264 e. The lowest BCUT2D eigenvalue weighted by atomic mass is 10.1. The molecule has 0 spiro atoms. The van der Waals surface area contributed by atoms with Crippen molar-refractivity contribution in [1.29, 1.82) is 0 Å². The summed E-state index contributed by atoms with van der Waals surface area (Å²) in [5.41, 5.74) is 0.470. The van der Waals surface area contributed by atoms with Gasteiger partial charge in [-0.05, 0) is 80.9 Å². The Morgan fingerprint density at radius 2 is 1.56 bits per heavy atom. The number of nitrogens with zero attached hydrogens (tertiary/aromatic N) is 2. The molecule has 0 aliphatic heterocycles. The lowest BCUT2D eigenvalue weighted by molar-refractivity contribution is -0.140. The SMILES string of the molecule is CC[C@H](C(=O)NC(C)C)N(Cc1c(Cl)cccc1Cl)C(=O)CN(c1ccc(F)cc1)S(=O)(=O)c1ccc(OC)cc1. The number of carbonyl (C=O) groups excluding carboxylic acids is 2. The van der Waals surface area contributed by atoms with E-state index in [0.29, 0.717) is 11.3 Å². The molecule has 0 radical (unpaired) electrons. The van der Waals surface area contributed by atoms with E-state index in [0.717, 1.165) is 16.4 Å².